The smallest absolute Gasteiger partial charge is 0.0542 e. The summed E-state index contributed by atoms with van der Waals surface area (Å²) < 4.78 is 2.50. The Morgan fingerprint density at radius 3 is 1.96 bits per heavy atom. The lowest BCUT2D eigenvalue weighted by molar-refractivity contribution is 0.628. The number of hydrogen-bond acceptors (Lipinski definition) is 2. The van der Waals surface area contributed by atoms with Gasteiger partial charge in [0.2, 0.25) is 0 Å². The van der Waals surface area contributed by atoms with Gasteiger partial charge in [0.25, 0.3) is 0 Å². The molecule has 0 aromatic heterocycles. The Morgan fingerprint density at radius 2 is 1.30 bits per heavy atom. The Kier molecular flexibility index (Phi) is 4.48. The number of hydrogen-bond donors (Lipinski definition) is 0. The molecule has 0 N–H and O–H groups in total. The Bertz CT molecular complexity index is 1050. The first-order valence-corrected chi connectivity index (χ1v) is 11.5. The van der Waals surface area contributed by atoms with E-state index < -0.39 is 0 Å². The van der Waals surface area contributed by atoms with E-state index in [1.54, 1.807) is 0 Å². The van der Waals surface area contributed by atoms with Crippen LogP contribution in [0.5, 0.6) is 0 Å². The van der Waals surface area contributed by atoms with Crippen LogP contribution in [0.15, 0.2) is 103 Å². The molecule has 1 nitrogen and oxygen atoms in total. The molecule has 3 heteroatoms. The molecule has 1 atom stereocenters. The molecular weight excluding hydrogens is 366 g/mol. The van der Waals surface area contributed by atoms with Crippen molar-refractivity contribution in [1.29, 1.82) is 0 Å². The Labute approximate surface area is 166 Å². The van der Waals surface area contributed by atoms with Crippen LogP contribution in [0.4, 0.5) is 0 Å². The van der Waals surface area contributed by atoms with E-state index in [1.165, 1.54) is 32.0 Å². The molecule has 3 aromatic rings. The molecule has 132 valence electrons. The second-order valence-electron chi connectivity index (χ2n) is 6.54. The molecule has 0 saturated carbocycles. The molecule has 0 spiro atoms. The second-order valence-corrected chi connectivity index (χ2v) is 10.0. The quantitative estimate of drug-likeness (QED) is 0.367. The van der Waals surface area contributed by atoms with E-state index >= 15 is 0 Å². The fraction of sp³-hybridized carbons (Fsp3) is 0.0417. The zero-order chi connectivity index (χ0) is 18.1. The Hall–Kier alpha value is -2.49. The van der Waals surface area contributed by atoms with Crippen LogP contribution in [0, 0.1) is 0 Å². The monoisotopic (exact) mass is 385 g/mol. The first-order chi connectivity index (χ1) is 13.4. The van der Waals surface area contributed by atoms with Crippen LogP contribution in [-0.2, 0) is 6.54 Å². The first kappa shape index (κ1) is 16.7. The lowest BCUT2D eigenvalue weighted by atomic mass is 10.0. The predicted molar refractivity (Wildman–Crippen MR) is 121 cm³/mol. The molecule has 1 unspecified atom stereocenters. The van der Waals surface area contributed by atoms with Gasteiger partial charge in [-0.2, -0.15) is 0 Å². The van der Waals surface area contributed by atoms with Gasteiger partial charge in [-0.1, -0.05) is 91.0 Å². The molecule has 0 aliphatic carbocycles. The van der Waals surface area contributed by atoms with Crippen molar-refractivity contribution in [2.24, 2.45) is 0 Å². The van der Waals surface area contributed by atoms with E-state index in [4.69, 9.17) is 0 Å². The summed E-state index contributed by atoms with van der Waals surface area (Å²) in [6.45, 7) is 0.937. The fourth-order valence-corrected chi connectivity index (χ4v) is 7.69. The minimum absolute atomic E-state index is 0.0142. The summed E-state index contributed by atoms with van der Waals surface area (Å²) in [4.78, 5) is 2.81. The second kappa shape index (κ2) is 7.26. The van der Waals surface area contributed by atoms with Gasteiger partial charge in [-0.3, -0.25) is 0 Å². The first-order valence-electron chi connectivity index (χ1n) is 9.03. The average molecular weight is 386 g/mol. The maximum Gasteiger partial charge on any atom is 0.0542 e. The van der Waals surface area contributed by atoms with Gasteiger partial charge in [0.15, 0.2) is 0 Å². The van der Waals surface area contributed by atoms with E-state index in [0.717, 1.165) is 6.54 Å². The van der Waals surface area contributed by atoms with E-state index in [9.17, 15) is 0 Å². The Balaban J connectivity index is 1.53. The van der Waals surface area contributed by atoms with Crippen LogP contribution in [0.25, 0.3) is 10.5 Å². The fourth-order valence-electron chi connectivity index (χ4n) is 3.36. The van der Waals surface area contributed by atoms with E-state index in [0.29, 0.717) is 0 Å². The largest absolute Gasteiger partial charge is 0.315 e. The standard InChI is InChI=1S/C24H19NS2/c1-4-10-19(11-5-1)17-25-18-22(20-12-6-2-7-13-20)24-16-23(26-27(24)25)21-14-8-3-9-15-21/h1-16,18H,17H2. The number of benzene rings is 3. The van der Waals surface area contributed by atoms with Crippen LogP contribution in [0.3, 0.4) is 0 Å². The van der Waals surface area contributed by atoms with Crippen molar-refractivity contribution in [2.75, 3.05) is 0 Å². The molecule has 3 aromatic carbocycles. The van der Waals surface area contributed by atoms with Gasteiger partial charge in [-0.15, -0.1) is 0 Å². The molecule has 2 aliphatic heterocycles. The van der Waals surface area contributed by atoms with Crippen molar-refractivity contribution < 1.29 is 0 Å². The highest BCUT2D eigenvalue weighted by atomic mass is 33.1. The van der Waals surface area contributed by atoms with E-state index in [1.807, 2.05) is 10.8 Å². The van der Waals surface area contributed by atoms with Crippen LogP contribution in [-0.4, -0.2) is 9.17 Å². The average Bonchev–Trinajstić information content (AvgIpc) is 3.31. The van der Waals surface area contributed by atoms with Crippen LogP contribution in [0.1, 0.15) is 16.7 Å². The van der Waals surface area contributed by atoms with Gasteiger partial charge in [-0.25, -0.2) is 0 Å². The lowest BCUT2D eigenvalue weighted by Gasteiger charge is -2.20. The minimum Gasteiger partial charge on any atom is -0.315 e. The Morgan fingerprint density at radius 1 is 0.704 bits per heavy atom. The normalized spacial score (nSPS) is 18.3. The number of rotatable bonds is 4. The molecule has 0 amide bonds. The number of allylic oxidation sites excluding steroid dienone is 2. The summed E-state index contributed by atoms with van der Waals surface area (Å²) in [5.41, 5.74) is 5.31. The number of nitrogens with zero attached hydrogens (tertiary/aromatic N) is 1. The molecule has 0 bridgehead atoms. The minimum atomic E-state index is 0.0142. The summed E-state index contributed by atoms with van der Waals surface area (Å²) in [5.74, 6) is 0. The molecule has 27 heavy (non-hydrogen) atoms. The summed E-state index contributed by atoms with van der Waals surface area (Å²) in [5, 5.41) is 0. The van der Waals surface area contributed by atoms with E-state index in [2.05, 4.69) is 108 Å². The van der Waals surface area contributed by atoms with Gasteiger partial charge in [0, 0.05) is 21.5 Å². The summed E-state index contributed by atoms with van der Waals surface area (Å²) >= 11 is 0. The van der Waals surface area contributed by atoms with Crippen LogP contribution in [0.2, 0.25) is 0 Å². The summed E-state index contributed by atoms with van der Waals surface area (Å²) in [6.07, 6.45) is 4.75. The molecule has 2 heterocycles. The third-order valence-corrected chi connectivity index (χ3v) is 8.89. The predicted octanol–water partition coefficient (Wildman–Crippen LogP) is 6.60. The van der Waals surface area contributed by atoms with E-state index in [-0.39, 0.29) is 9.70 Å². The topological polar surface area (TPSA) is 3.24 Å². The molecule has 0 fully saturated rings. The highest BCUT2D eigenvalue weighted by Gasteiger charge is 2.29. The summed E-state index contributed by atoms with van der Waals surface area (Å²) in [7, 11) is 2.00. The molecule has 2 aliphatic rings. The maximum atomic E-state index is 2.50. The molecule has 0 saturated heterocycles. The van der Waals surface area contributed by atoms with Crippen molar-refractivity contribution in [3.63, 3.8) is 0 Å². The maximum absolute atomic E-state index is 2.50. The molecule has 0 radical (unpaired) electrons. The highest BCUT2D eigenvalue weighted by molar-refractivity contribution is 8.87. The van der Waals surface area contributed by atoms with Crippen molar-refractivity contribution >= 4 is 35.8 Å². The molecule has 5 rings (SSSR count). The van der Waals surface area contributed by atoms with Gasteiger partial charge in [0.1, 0.15) is 0 Å². The zero-order valence-electron chi connectivity index (χ0n) is 14.8. The van der Waals surface area contributed by atoms with Crippen LogP contribution < -0.4 is 0 Å². The van der Waals surface area contributed by atoms with Crippen molar-refractivity contribution in [2.45, 2.75) is 6.54 Å². The lowest BCUT2D eigenvalue weighted by Crippen LogP contribution is -2.06. The third-order valence-electron chi connectivity index (χ3n) is 4.69. The van der Waals surface area contributed by atoms with Gasteiger partial charge in [-0.05, 0) is 43.3 Å². The van der Waals surface area contributed by atoms with Crippen molar-refractivity contribution in [1.82, 2.24) is 4.31 Å². The third kappa shape index (κ3) is 3.29. The molecular formula is C24H19NS2. The SMILES string of the molecule is C1=C(c2ccccc2)SS2=C1C(c1ccccc1)=CN2Cc1ccccc1. The summed E-state index contributed by atoms with van der Waals surface area (Å²) in [6, 6.07) is 32.2. The van der Waals surface area contributed by atoms with Crippen molar-refractivity contribution in [3.8, 4) is 0 Å². The van der Waals surface area contributed by atoms with Crippen LogP contribution >= 0.6 is 20.5 Å². The highest BCUT2D eigenvalue weighted by Crippen LogP contribution is 2.56. The van der Waals surface area contributed by atoms with Gasteiger partial charge in [0.05, 0.1) is 6.54 Å². The zero-order valence-corrected chi connectivity index (χ0v) is 16.4. The van der Waals surface area contributed by atoms with Gasteiger partial charge < -0.3 is 4.31 Å². The van der Waals surface area contributed by atoms with Gasteiger partial charge >= 0.3 is 0 Å². The van der Waals surface area contributed by atoms with Crippen molar-refractivity contribution in [3.05, 3.63) is 120 Å².